The summed E-state index contributed by atoms with van der Waals surface area (Å²) in [6.45, 7) is 8.17. The molecule has 0 N–H and O–H groups in total. The first-order valence-electron chi connectivity index (χ1n) is 10.4. The van der Waals surface area contributed by atoms with Gasteiger partial charge in [0.15, 0.2) is 5.82 Å². The molecule has 30 heavy (non-hydrogen) atoms. The van der Waals surface area contributed by atoms with Gasteiger partial charge in [0.25, 0.3) is 0 Å². The number of methoxy groups -OCH3 is 1. The second-order valence-electron chi connectivity index (χ2n) is 7.74. The molecule has 8 nitrogen and oxygen atoms in total. The Balaban J connectivity index is 1.52. The highest BCUT2D eigenvalue weighted by atomic mass is 16.5. The molecule has 2 aromatic heterocycles. The van der Waals surface area contributed by atoms with E-state index in [1.165, 1.54) is 16.7 Å². The van der Waals surface area contributed by atoms with Crippen LogP contribution in [0.3, 0.4) is 0 Å². The zero-order valence-electron chi connectivity index (χ0n) is 17.7. The fourth-order valence-corrected chi connectivity index (χ4v) is 3.95. The minimum atomic E-state index is 0.0259. The average molecular weight is 408 g/mol. The molecule has 1 atom stereocenters. The number of ether oxygens (including phenoxy) is 1. The molecule has 1 saturated heterocycles. The van der Waals surface area contributed by atoms with Gasteiger partial charge in [0.05, 0.1) is 19.2 Å². The Bertz CT molecular complexity index is 905. The van der Waals surface area contributed by atoms with E-state index in [1.54, 1.807) is 7.11 Å². The first-order chi connectivity index (χ1) is 14.7. The fourth-order valence-electron chi connectivity index (χ4n) is 3.95. The first-order valence-corrected chi connectivity index (χ1v) is 10.4. The maximum atomic E-state index is 5.25. The highest BCUT2D eigenvalue weighted by Crippen LogP contribution is 2.28. The first kappa shape index (κ1) is 20.6. The maximum absolute atomic E-state index is 5.25. The van der Waals surface area contributed by atoms with Gasteiger partial charge in [-0.25, -0.2) is 4.68 Å². The Morgan fingerprint density at radius 2 is 1.87 bits per heavy atom. The third kappa shape index (κ3) is 4.89. The standard InChI is InChI=1S/C22H29N7O/c1-18-5-7-20(8-6-18)21(22-24-25-26-29(22)14-15-30-2)28-12-10-27(11-13-28)17-19-4-3-9-23-16-19/h3-9,16,21H,10-15,17H2,1-2H3. The third-order valence-electron chi connectivity index (χ3n) is 5.61. The number of hydrogen-bond acceptors (Lipinski definition) is 7. The molecule has 0 spiro atoms. The molecular weight excluding hydrogens is 378 g/mol. The molecule has 0 bridgehead atoms. The molecule has 3 heterocycles. The van der Waals surface area contributed by atoms with Gasteiger partial charge in [-0.05, 0) is 34.5 Å². The van der Waals surface area contributed by atoms with E-state index in [1.807, 2.05) is 23.1 Å². The van der Waals surface area contributed by atoms with Gasteiger partial charge in [0.2, 0.25) is 0 Å². The van der Waals surface area contributed by atoms with Crippen LogP contribution in [-0.2, 0) is 17.8 Å². The van der Waals surface area contributed by atoms with Crippen molar-refractivity contribution in [2.45, 2.75) is 26.1 Å². The summed E-state index contributed by atoms with van der Waals surface area (Å²) in [6.07, 6.45) is 3.77. The number of pyridine rings is 1. The van der Waals surface area contributed by atoms with Crippen molar-refractivity contribution < 1.29 is 4.74 Å². The molecule has 0 amide bonds. The van der Waals surface area contributed by atoms with E-state index in [4.69, 9.17) is 4.74 Å². The van der Waals surface area contributed by atoms with Gasteiger partial charge in [-0.15, -0.1) is 5.10 Å². The summed E-state index contributed by atoms with van der Waals surface area (Å²) in [5.74, 6) is 0.872. The fraction of sp³-hybridized carbons (Fsp3) is 0.455. The summed E-state index contributed by atoms with van der Waals surface area (Å²) < 4.78 is 7.12. The van der Waals surface area contributed by atoms with E-state index >= 15 is 0 Å². The average Bonchev–Trinajstić information content (AvgIpc) is 3.24. The lowest BCUT2D eigenvalue weighted by Crippen LogP contribution is -2.48. The third-order valence-corrected chi connectivity index (χ3v) is 5.61. The van der Waals surface area contributed by atoms with E-state index < -0.39 is 0 Å². The molecule has 1 fully saturated rings. The highest BCUT2D eigenvalue weighted by molar-refractivity contribution is 5.28. The highest BCUT2D eigenvalue weighted by Gasteiger charge is 2.30. The normalized spacial score (nSPS) is 16.6. The topological polar surface area (TPSA) is 72.2 Å². The number of hydrogen-bond donors (Lipinski definition) is 0. The van der Waals surface area contributed by atoms with Crippen LogP contribution in [0.5, 0.6) is 0 Å². The van der Waals surface area contributed by atoms with Crippen LogP contribution in [0.1, 0.15) is 28.6 Å². The Kier molecular flexibility index (Phi) is 6.78. The number of aromatic nitrogens is 5. The molecule has 0 radical (unpaired) electrons. The van der Waals surface area contributed by atoms with Crippen LogP contribution < -0.4 is 0 Å². The minimum Gasteiger partial charge on any atom is -0.383 e. The van der Waals surface area contributed by atoms with Crippen molar-refractivity contribution in [1.29, 1.82) is 0 Å². The van der Waals surface area contributed by atoms with Crippen molar-refractivity contribution in [1.82, 2.24) is 35.0 Å². The van der Waals surface area contributed by atoms with Crippen LogP contribution in [-0.4, -0.2) is 74.9 Å². The molecule has 4 rings (SSSR count). The van der Waals surface area contributed by atoms with Crippen LogP contribution in [0, 0.1) is 6.92 Å². The lowest BCUT2D eigenvalue weighted by atomic mass is 10.0. The second-order valence-corrected chi connectivity index (χ2v) is 7.74. The molecule has 0 saturated carbocycles. The molecule has 158 valence electrons. The van der Waals surface area contributed by atoms with Gasteiger partial charge in [-0.3, -0.25) is 14.8 Å². The quantitative estimate of drug-likeness (QED) is 0.565. The van der Waals surface area contributed by atoms with Crippen molar-refractivity contribution in [3.63, 3.8) is 0 Å². The van der Waals surface area contributed by atoms with E-state index in [0.717, 1.165) is 38.5 Å². The summed E-state index contributed by atoms with van der Waals surface area (Å²) in [4.78, 5) is 9.20. The van der Waals surface area contributed by atoms with Gasteiger partial charge >= 0.3 is 0 Å². The second kappa shape index (κ2) is 9.88. The van der Waals surface area contributed by atoms with Gasteiger partial charge in [0.1, 0.15) is 0 Å². The van der Waals surface area contributed by atoms with Gasteiger partial charge < -0.3 is 4.74 Å². The minimum absolute atomic E-state index is 0.0259. The molecule has 0 aliphatic carbocycles. The van der Waals surface area contributed by atoms with Gasteiger partial charge in [0, 0.05) is 52.2 Å². The van der Waals surface area contributed by atoms with Crippen LogP contribution in [0.2, 0.25) is 0 Å². The lowest BCUT2D eigenvalue weighted by molar-refractivity contribution is 0.0988. The Morgan fingerprint density at radius 1 is 1.07 bits per heavy atom. The predicted octanol–water partition coefficient (Wildman–Crippen LogP) is 1.93. The lowest BCUT2D eigenvalue weighted by Gasteiger charge is -2.39. The van der Waals surface area contributed by atoms with E-state index in [-0.39, 0.29) is 6.04 Å². The number of nitrogens with zero attached hydrogens (tertiary/aromatic N) is 7. The molecule has 1 unspecified atom stereocenters. The number of tetrazole rings is 1. The predicted molar refractivity (Wildman–Crippen MR) is 114 cm³/mol. The van der Waals surface area contributed by atoms with Crippen LogP contribution in [0.4, 0.5) is 0 Å². The monoisotopic (exact) mass is 407 g/mol. The van der Waals surface area contributed by atoms with E-state index in [9.17, 15) is 0 Å². The molecule has 1 aromatic carbocycles. The summed E-state index contributed by atoms with van der Waals surface area (Å²) in [7, 11) is 1.70. The maximum Gasteiger partial charge on any atom is 0.173 e. The van der Waals surface area contributed by atoms with Crippen molar-refractivity contribution in [3.8, 4) is 0 Å². The summed E-state index contributed by atoms with van der Waals surface area (Å²) in [6, 6.07) is 12.9. The number of aryl methyl sites for hydroxylation is 1. The number of piperazine rings is 1. The summed E-state index contributed by atoms with van der Waals surface area (Å²) in [5, 5.41) is 12.6. The van der Waals surface area contributed by atoms with Gasteiger partial charge in [-0.2, -0.15) is 0 Å². The van der Waals surface area contributed by atoms with E-state index in [2.05, 4.69) is 67.6 Å². The van der Waals surface area contributed by atoms with E-state index in [0.29, 0.717) is 13.2 Å². The Hall–Kier alpha value is -2.68. The van der Waals surface area contributed by atoms with Crippen LogP contribution in [0.25, 0.3) is 0 Å². The Labute approximate surface area is 177 Å². The molecular formula is C22H29N7O. The SMILES string of the molecule is COCCn1nnnc1C(c1ccc(C)cc1)N1CCN(Cc2cccnc2)CC1. The largest absolute Gasteiger partial charge is 0.383 e. The van der Waals surface area contributed by atoms with Gasteiger partial charge in [-0.1, -0.05) is 35.9 Å². The molecule has 1 aliphatic rings. The van der Waals surface area contributed by atoms with Crippen LogP contribution >= 0.6 is 0 Å². The summed E-state index contributed by atoms with van der Waals surface area (Å²) >= 11 is 0. The van der Waals surface area contributed by atoms with Crippen molar-refractivity contribution >= 4 is 0 Å². The smallest absolute Gasteiger partial charge is 0.173 e. The molecule has 1 aliphatic heterocycles. The summed E-state index contributed by atoms with van der Waals surface area (Å²) in [5.41, 5.74) is 3.72. The van der Waals surface area contributed by atoms with Crippen LogP contribution in [0.15, 0.2) is 48.8 Å². The van der Waals surface area contributed by atoms with Crippen molar-refractivity contribution in [2.24, 2.45) is 0 Å². The van der Waals surface area contributed by atoms with Crippen molar-refractivity contribution in [3.05, 3.63) is 71.3 Å². The Morgan fingerprint density at radius 3 is 2.57 bits per heavy atom. The zero-order valence-corrected chi connectivity index (χ0v) is 17.7. The molecule has 3 aromatic rings. The van der Waals surface area contributed by atoms with Crippen molar-refractivity contribution in [2.75, 3.05) is 39.9 Å². The number of rotatable bonds is 8. The zero-order chi connectivity index (χ0) is 20.8. The number of benzene rings is 1. The molecule has 8 heteroatoms.